The van der Waals surface area contributed by atoms with Gasteiger partial charge in [0.15, 0.2) is 5.69 Å². The number of nitrogens with zero attached hydrogens (tertiary/aromatic N) is 3. The van der Waals surface area contributed by atoms with E-state index in [0.717, 1.165) is 31.1 Å². The second-order valence-corrected chi connectivity index (χ2v) is 4.96. The van der Waals surface area contributed by atoms with E-state index in [0.29, 0.717) is 11.6 Å². The second-order valence-electron chi connectivity index (χ2n) is 4.17. The predicted molar refractivity (Wildman–Crippen MR) is 74.4 cm³/mol. The first-order chi connectivity index (χ1) is 8.60. The average Bonchev–Trinajstić information content (AvgIpc) is 2.74. The molecule has 0 spiro atoms. The Balaban J connectivity index is 2.51. The van der Waals surface area contributed by atoms with Crippen LogP contribution in [-0.4, -0.2) is 46.6 Å². The molecule has 0 aliphatic carbocycles. The summed E-state index contributed by atoms with van der Waals surface area (Å²) in [5, 5.41) is 5.16. The summed E-state index contributed by atoms with van der Waals surface area (Å²) in [7, 11) is 5.12. The quantitative estimate of drug-likeness (QED) is 0.571. The number of amides is 1. The number of methoxy groups -OCH3 is 1. The average molecular weight is 318 g/mol. The summed E-state index contributed by atoms with van der Waals surface area (Å²) >= 11 is 3.39. The molecule has 1 aromatic heterocycles. The molecule has 1 heterocycles. The summed E-state index contributed by atoms with van der Waals surface area (Å²) in [5.41, 5.74) is 0.428. The van der Waals surface area contributed by atoms with Gasteiger partial charge in [-0.2, -0.15) is 5.10 Å². The normalized spacial score (nSPS) is 10.4. The summed E-state index contributed by atoms with van der Waals surface area (Å²) in [5.74, 6) is 0.527. The van der Waals surface area contributed by atoms with Crippen molar-refractivity contribution in [3.8, 4) is 5.88 Å². The van der Waals surface area contributed by atoms with Gasteiger partial charge in [-0.15, -0.1) is 0 Å². The van der Waals surface area contributed by atoms with Gasteiger partial charge in [-0.1, -0.05) is 22.4 Å². The van der Waals surface area contributed by atoms with Gasteiger partial charge in [0.25, 0.3) is 5.91 Å². The number of ether oxygens (including phenoxy) is 1. The van der Waals surface area contributed by atoms with E-state index in [1.165, 1.54) is 0 Å². The Morgan fingerprint density at radius 1 is 1.50 bits per heavy atom. The number of aryl methyl sites for hydroxylation is 1. The highest BCUT2D eigenvalue weighted by atomic mass is 79.9. The van der Waals surface area contributed by atoms with E-state index in [1.54, 1.807) is 36.9 Å². The number of carbonyl (C=O) groups is 1. The van der Waals surface area contributed by atoms with Gasteiger partial charge in [-0.25, -0.2) is 4.68 Å². The van der Waals surface area contributed by atoms with Gasteiger partial charge in [-0.3, -0.25) is 4.79 Å². The topological polar surface area (TPSA) is 47.4 Å². The Morgan fingerprint density at radius 3 is 2.78 bits per heavy atom. The maximum atomic E-state index is 12.1. The minimum absolute atomic E-state index is 0.0623. The first kappa shape index (κ1) is 15.0. The number of halogens is 1. The summed E-state index contributed by atoms with van der Waals surface area (Å²) < 4.78 is 6.65. The molecule has 1 rings (SSSR count). The zero-order chi connectivity index (χ0) is 13.5. The molecule has 1 amide bonds. The fraction of sp³-hybridized carbons (Fsp3) is 0.667. The molecule has 0 N–H and O–H groups in total. The summed E-state index contributed by atoms with van der Waals surface area (Å²) in [6, 6.07) is 1.66. The van der Waals surface area contributed by atoms with Gasteiger partial charge in [0.05, 0.1) is 7.11 Å². The van der Waals surface area contributed by atoms with Crippen molar-refractivity contribution in [1.82, 2.24) is 14.7 Å². The SMILES string of the molecule is COc1cc(C(=O)N(C)CCCCCBr)nn1C. The lowest BCUT2D eigenvalue weighted by Gasteiger charge is -2.15. The summed E-state index contributed by atoms with van der Waals surface area (Å²) in [6.07, 6.45) is 3.27. The lowest BCUT2D eigenvalue weighted by molar-refractivity contribution is 0.0786. The van der Waals surface area contributed by atoms with Gasteiger partial charge in [0.2, 0.25) is 5.88 Å². The van der Waals surface area contributed by atoms with Gasteiger partial charge in [0.1, 0.15) is 0 Å². The molecule has 0 aliphatic heterocycles. The Bertz CT molecular complexity index is 393. The van der Waals surface area contributed by atoms with Crippen LogP contribution in [0, 0.1) is 0 Å². The van der Waals surface area contributed by atoms with E-state index >= 15 is 0 Å². The van der Waals surface area contributed by atoms with Crippen molar-refractivity contribution in [3.63, 3.8) is 0 Å². The van der Waals surface area contributed by atoms with Crippen molar-refractivity contribution in [2.75, 3.05) is 26.0 Å². The molecule has 0 unspecified atom stereocenters. The Labute approximate surface area is 116 Å². The number of rotatable bonds is 7. The summed E-state index contributed by atoms with van der Waals surface area (Å²) in [4.78, 5) is 13.8. The van der Waals surface area contributed by atoms with Gasteiger partial charge < -0.3 is 9.64 Å². The predicted octanol–water partition coefficient (Wildman–Crippen LogP) is 2.07. The van der Waals surface area contributed by atoms with Gasteiger partial charge in [-0.05, 0) is 12.8 Å². The molecule has 0 radical (unpaired) electrons. The fourth-order valence-corrected chi connectivity index (χ4v) is 2.06. The molecular formula is C12H20BrN3O2. The minimum Gasteiger partial charge on any atom is -0.481 e. The third-order valence-corrected chi connectivity index (χ3v) is 3.30. The van der Waals surface area contributed by atoms with Crippen LogP contribution in [0.1, 0.15) is 29.8 Å². The molecule has 0 fully saturated rings. The first-order valence-corrected chi connectivity index (χ1v) is 7.11. The van der Waals surface area contributed by atoms with E-state index in [9.17, 15) is 4.79 Å². The number of carbonyl (C=O) groups excluding carboxylic acids is 1. The fourth-order valence-electron chi connectivity index (χ4n) is 1.66. The number of alkyl halides is 1. The highest BCUT2D eigenvalue weighted by Crippen LogP contribution is 2.13. The van der Waals surface area contributed by atoms with Crippen LogP contribution >= 0.6 is 15.9 Å². The van der Waals surface area contributed by atoms with Crippen LogP contribution in [0.25, 0.3) is 0 Å². The third kappa shape index (κ3) is 4.01. The van der Waals surface area contributed by atoms with Crippen molar-refractivity contribution in [2.45, 2.75) is 19.3 Å². The van der Waals surface area contributed by atoms with Crippen molar-refractivity contribution in [3.05, 3.63) is 11.8 Å². The molecule has 0 aliphatic rings. The molecule has 0 aromatic carbocycles. The highest BCUT2D eigenvalue weighted by molar-refractivity contribution is 9.09. The zero-order valence-corrected chi connectivity index (χ0v) is 12.7. The van der Waals surface area contributed by atoms with Crippen LogP contribution in [0.3, 0.4) is 0 Å². The third-order valence-electron chi connectivity index (χ3n) is 2.74. The maximum Gasteiger partial charge on any atom is 0.274 e. The molecular weight excluding hydrogens is 298 g/mol. The van der Waals surface area contributed by atoms with Crippen LogP contribution in [0.5, 0.6) is 5.88 Å². The largest absolute Gasteiger partial charge is 0.481 e. The zero-order valence-electron chi connectivity index (χ0n) is 11.1. The van der Waals surface area contributed by atoms with Crippen LogP contribution in [-0.2, 0) is 7.05 Å². The molecule has 5 nitrogen and oxygen atoms in total. The lowest BCUT2D eigenvalue weighted by atomic mass is 10.2. The number of hydrogen-bond acceptors (Lipinski definition) is 3. The standard InChI is InChI=1S/C12H20BrN3O2/c1-15(8-6-4-5-7-13)12(17)10-9-11(18-3)16(2)14-10/h9H,4-8H2,1-3H3. The number of aromatic nitrogens is 2. The van der Waals surface area contributed by atoms with E-state index in [4.69, 9.17) is 4.74 Å². The lowest BCUT2D eigenvalue weighted by Crippen LogP contribution is -2.28. The number of unbranched alkanes of at least 4 members (excludes halogenated alkanes) is 2. The monoisotopic (exact) mass is 317 g/mol. The van der Waals surface area contributed by atoms with E-state index in [1.807, 2.05) is 0 Å². The van der Waals surface area contributed by atoms with Gasteiger partial charge in [0, 0.05) is 32.0 Å². The second kappa shape index (κ2) is 7.41. The van der Waals surface area contributed by atoms with Crippen molar-refractivity contribution in [2.24, 2.45) is 7.05 Å². The molecule has 0 saturated carbocycles. The van der Waals surface area contributed by atoms with Crippen molar-refractivity contribution in [1.29, 1.82) is 0 Å². The van der Waals surface area contributed by atoms with Crippen LogP contribution in [0.4, 0.5) is 0 Å². The Hall–Kier alpha value is -1.04. The smallest absolute Gasteiger partial charge is 0.274 e. The molecule has 102 valence electrons. The van der Waals surface area contributed by atoms with E-state index in [-0.39, 0.29) is 5.91 Å². The van der Waals surface area contributed by atoms with Gasteiger partial charge >= 0.3 is 0 Å². The van der Waals surface area contributed by atoms with Crippen molar-refractivity contribution >= 4 is 21.8 Å². The maximum absolute atomic E-state index is 12.1. The molecule has 1 aromatic rings. The molecule has 0 bridgehead atoms. The molecule has 0 atom stereocenters. The van der Waals surface area contributed by atoms with E-state index < -0.39 is 0 Å². The molecule has 0 saturated heterocycles. The minimum atomic E-state index is -0.0623. The Kier molecular flexibility index (Phi) is 6.18. The van der Waals surface area contributed by atoms with Crippen molar-refractivity contribution < 1.29 is 9.53 Å². The van der Waals surface area contributed by atoms with Crippen LogP contribution in [0.15, 0.2) is 6.07 Å². The first-order valence-electron chi connectivity index (χ1n) is 5.99. The van der Waals surface area contributed by atoms with Crippen LogP contribution < -0.4 is 4.74 Å². The highest BCUT2D eigenvalue weighted by Gasteiger charge is 2.16. The summed E-state index contributed by atoms with van der Waals surface area (Å²) in [6.45, 7) is 0.755. The molecule has 6 heteroatoms. The van der Waals surface area contributed by atoms with E-state index in [2.05, 4.69) is 21.0 Å². The van der Waals surface area contributed by atoms with Crippen LogP contribution in [0.2, 0.25) is 0 Å². The Morgan fingerprint density at radius 2 is 2.22 bits per heavy atom. The number of hydrogen-bond donors (Lipinski definition) is 0. The molecule has 18 heavy (non-hydrogen) atoms.